The average molecular weight is 492 g/mol. The summed E-state index contributed by atoms with van der Waals surface area (Å²) in [5, 5.41) is 5.28. The Kier molecular flexibility index (Phi) is 7.33. The second-order valence-electron chi connectivity index (χ2n) is 8.69. The molecule has 1 atom stereocenters. The Balaban J connectivity index is 1.23. The third kappa shape index (κ3) is 5.06. The van der Waals surface area contributed by atoms with Crippen LogP contribution in [-0.2, 0) is 11.2 Å². The van der Waals surface area contributed by atoms with Crippen molar-refractivity contribution < 1.29 is 9.59 Å². The van der Waals surface area contributed by atoms with E-state index in [1.54, 1.807) is 11.3 Å². The summed E-state index contributed by atoms with van der Waals surface area (Å²) in [7, 11) is 0. The predicted octanol–water partition coefficient (Wildman–Crippen LogP) is 5.00. The molecule has 1 fully saturated rings. The van der Waals surface area contributed by atoms with Crippen LogP contribution >= 0.6 is 23.1 Å². The van der Waals surface area contributed by atoms with Crippen molar-refractivity contribution in [2.75, 3.05) is 36.8 Å². The fourth-order valence-electron chi connectivity index (χ4n) is 4.82. The van der Waals surface area contributed by atoms with E-state index < -0.39 is 0 Å². The maximum Gasteiger partial charge on any atom is 0.252 e. The van der Waals surface area contributed by atoms with Gasteiger partial charge in [-0.25, -0.2) is 0 Å². The Bertz CT molecular complexity index is 1140. The van der Waals surface area contributed by atoms with Gasteiger partial charge in [0.05, 0.1) is 17.4 Å². The monoisotopic (exact) mass is 491 g/mol. The number of rotatable bonds is 8. The maximum absolute atomic E-state index is 13.2. The first-order valence-electron chi connectivity index (χ1n) is 11.9. The molecule has 0 bridgehead atoms. The summed E-state index contributed by atoms with van der Waals surface area (Å²) in [5.41, 5.74) is 2.87. The zero-order valence-corrected chi connectivity index (χ0v) is 20.7. The predicted molar refractivity (Wildman–Crippen MR) is 140 cm³/mol. The van der Waals surface area contributed by atoms with Gasteiger partial charge in [0, 0.05) is 28.5 Å². The Morgan fingerprint density at radius 2 is 1.76 bits per heavy atom. The van der Waals surface area contributed by atoms with Crippen molar-refractivity contribution in [1.82, 2.24) is 10.2 Å². The zero-order chi connectivity index (χ0) is 23.3. The Labute approximate surface area is 209 Å². The van der Waals surface area contributed by atoms with E-state index in [1.807, 2.05) is 47.4 Å². The first kappa shape index (κ1) is 23.1. The molecule has 34 heavy (non-hydrogen) atoms. The van der Waals surface area contributed by atoms with Gasteiger partial charge in [-0.1, -0.05) is 36.4 Å². The number of carbonyl (C=O) groups excluding carboxylic acids is 2. The lowest BCUT2D eigenvalue weighted by Gasteiger charge is -2.27. The van der Waals surface area contributed by atoms with Crippen LogP contribution in [0.25, 0.3) is 0 Å². The number of fused-ring (bicyclic) bond motifs is 1. The number of hydrogen-bond acceptors (Lipinski definition) is 5. The zero-order valence-electron chi connectivity index (χ0n) is 19.1. The molecule has 2 aromatic carbocycles. The molecule has 5 rings (SSSR count). The number of carbonyl (C=O) groups is 2. The van der Waals surface area contributed by atoms with Gasteiger partial charge in [-0.15, -0.1) is 23.1 Å². The second-order valence-corrected chi connectivity index (χ2v) is 10.7. The van der Waals surface area contributed by atoms with Gasteiger partial charge in [-0.05, 0) is 67.6 Å². The molecule has 5 nitrogen and oxygen atoms in total. The third-order valence-corrected chi connectivity index (χ3v) is 8.61. The molecular weight excluding hydrogens is 462 g/mol. The summed E-state index contributed by atoms with van der Waals surface area (Å²) in [4.78, 5) is 32.6. The van der Waals surface area contributed by atoms with E-state index >= 15 is 0 Å². The molecule has 2 aliphatic heterocycles. The van der Waals surface area contributed by atoms with Crippen LogP contribution < -0.4 is 10.2 Å². The van der Waals surface area contributed by atoms with Crippen molar-refractivity contribution in [2.45, 2.75) is 30.2 Å². The standard InChI is InChI=1S/C27H29N3O2S2/c31-26(30-16-13-20-8-1-3-10-22(20)30)19-34-24-11-4-2-9-21(24)27(32)28-18-23(25-12-7-17-33-25)29-14-5-6-15-29/h1-4,7-12,17,23H,5-6,13-16,18-19H2,(H,28,32). The van der Waals surface area contributed by atoms with E-state index in [9.17, 15) is 9.59 Å². The Hall–Kier alpha value is -2.61. The van der Waals surface area contributed by atoms with Crippen LogP contribution in [0.2, 0.25) is 0 Å². The van der Waals surface area contributed by atoms with Crippen molar-refractivity contribution in [3.8, 4) is 0 Å². The molecular formula is C27H29N3O2S2. The van der Waals surface area contributed by atoms with Gasteiger partial charge >= 0.3 is 0 Å². The van der Waals surface area contributed by atoms with Gasteiger partial charge in [0.1, 0.15) is 0 Å². The lowest BCUT2D eigenvalue weighted by molar-refractivity contribution is -0.116. The van der Waals surface area contributed by atoms with E-state index in [2.05, 4.69) is 33.8 Å². The smallest absolute Gasteiger partial charge is 0.252 e. The number of nitrogens with one attached hydrogen (secondary N) is 1. The number of anilines is 1. The quantitative estimate of drug-likeness (QED) is 0.451. The molecule has 1 unspecified atom stereocenters. The summed E-state index contributed by atoms with van der Waals surface area (Å²) in [5.74, 6) is 0.310. The molecule has 3 heterocycles. The molecule has 7 heteroatoms. The number of amides is 2. The minimum absolute atomic E-state index is 0.0805. The minimum atomic E-state index is -0.0807. The van der Waals surface area contributed by atoms with Crippen LogP contribution in [0.1, 0.15) is 39.7 Å². The van der Waals surface area contributed by atoms with Gasteiger partial charge in [0.15, 0.2) is 0 Å². The summed E-state index contributed by atoms with van der Waals surface area (Å²) in [6.45, 7) is 3.46. The van der Waals surface area contributed by atoms with Crippen LogP contribution in [0.5, 0.6) is 0 Å². The van der Waals surface area contributed by atoms with Gasteiger partial charge in [-0.2, -0.15) is 0 Å². The number of thiophene rings is 1. The van der Waals surface area contributed by atoms with Gasteiger partial charge in [-0.3, -0.25) is 14.5 Å². The molecule has 3 aromatic rings. The average Bonchev–Trinajstić information content (AvgIpc) is 3.65. The molecule has 2 aliphatic rings. The highest BCUT2D eigenvalue weighted by Crippen LogP contribution is 2.31. The van der Waals surface area contributed by atoms with Crippen molar-refractivity contribution in [3.05, 3.63) is 82.0 Å². The van der Waals surface area contributed by atoms with Gasteiger partial charge in [0.2, 0.25) is 5.91 Å². The van der Waals surface area contributed by atoms with Crippen molar-refractivity contribution in [2.24, 2.45) is 0 Å². The summed E-state index contributed by atoms with van der Waals surface area (Å²) >= 11 is 3.19. The fraction of sp³-hybridized carbons (Fsp3) is 0.333. The van der Waals surface area contributed by atoms with Crippen LogP contribution in [0.15, 0.2) is 70.9 Å². The Morgan fingerprint density at radius 1 is 0.971 bits per heavy atom. The number of nitrogens with zero attached hydrogens (tertiary/aromatic N) is 2. The largest absolute Gasteiger partial charge is 0.350 e. The van der Waals surface area contributed by atoms with Crippen LogP contribution in [0.4, 0.5) is 5.69 Å². The first-order valence-corrected chi connectivity index (χ1v) is 13.7. The molecule has 1 saturated heterocycles. The maximum atomic E-state index is 13.2. The molecule has 0 saturated carbocycles. The van der Waals surface area contributed by atoms with E-state index in [0.717, 1.165) is 36.6 Å². The summed E-state index contributed by atoms with van der Waals surface area (Å²) in [6, 6.07) is 20.1. The van der Waals surface area contributed by atoms with E-state index in [-0.39, 0.29) is 17.9 Å². The molecule has 176 valence electrons. The Morgan fingerprint density at radius 3 is 2.59 bits per heavy atom. The molecule has 0 spiro atoms. The van der Waals surface area contributed by atoms with Gasteiger partial charge in [0.25, 0.3) is 5.91 Å². The van der Waals surface area contributed by atoms with Crippen LogP contribution in [0, 0.1) is 0 Å². The number of hydrogen-bond donors (Lipinski definition) is 1. The van der Waals surface area contributed by atoms with E-state index in [1.165, 1.54) is 35.0 Å². The highest BCUT2D eigenvalue weighted by atomic mass is 32.2. The normalized spacial score (nSPS) is 16.4. The van der Waals surface area contributed by atoms with Crippen LogP contribution in [-0.4, -0.2) is 48.6 Å². The third-order valence-electron chi connectivity index (χ3n) is 6.58. The van der Waals surface area contributed by atoms with Gasteiger partial charge < -0.3 is 10.2 Å². The van der Waals surface area contributed by atoms with Crippen LogP contribution in [0.3, 0.4) is 0 Å². The van der Waals surface area contributed by atoms with Crippen molar-refractivity contribution in [3.63, 3.8) is 0 Å². The molecule has 0 aliphatic carbocycles. The number of likely N-dealkylation sites (tertiary alicyclic amines) is 1. The lowest BCUT2D eigenvalue weighted by atomic mass is 10.1. The van der Waals surface area contributed by atoms with E-state index in [4.69, 9.17) is 0 Å². The number of benzene rings is 2. The highest BCUT2D eigenvalue weighted by Gasteiger charge is 2.26. The minimum Gasteiger partial charge on any atom is -0.350 e. The fourth-order valence-corrected chi connectivity index (χ4v) is 6.61. The lowest BCUT2D eigenvalue weighted by Crippen LogP contribution is -2.36. The summed E-state index contributed by atoms with van der Waals surface area (Å²) < 4.78 is 0. The van der Waals surface area contributed by atoms with Crippen molar-refractivity contribution >= 4 is 40.6 Å². The number of thioether (sulfide) groups is 1. The van der Waals surface area contributed by atoms with E-state index in [0.29, 0.717) is 17.9 Å². The van der Waals surface area contributed by atoms with Crippen molar-refractivity contribution in [1.29, 1.82) is 0 Å². The molecule has 2 amide bonds. The summed E-state index contributed by atoms with van der Waals surface area (Å²) in [6.07, 6.45) is 3.32. The number of para-hydroxylation sites is 1. The SMILES string of the molecule is O=C(NCC(c1cccs1)N1CCCC1)c1ccccc1SCC(=O)N1CCc2ccccc21. The molecule has 0 radical (unpaired) electrons. The molecule has 1 N–H and O–H groups in total. The topological polar surface area (TPSA) is 52.7 Å². The second kappa shape index (κ2) is 10.8. The first-order chi connectivity index (χ1) is 16.7. The highest BCUT2D eigenvalue weighted by molar-refractivity contribution is 8.00. The molecule has 1 aromatic heterocycles.